The number of carboxylic acids is 1. The molecule has 1 aromatic rings. The Hall–Kier alpha value is -1.84. The van der Waals surface area contributed by atoms with Crippen LogP contribution in [-0.2, 0) is 16.1 Å². The van der Waals surface area contributed by atoms with Crippen LogP contribution in [0.1, 0.15) is 30.5 Å². The summed E-state index contributed by atoms with van der Waals surface area (Å²) in [6.45, 7) is 8.28. The lowest BCUT2D eigenvalue weighted by Gasteiger charge is -2.19. The number of aryl methyl sites for hydroxylation is 2. The molecule has 0 radical (unpaired) electrons. The second-order valence-corrected chi connectivity index (χ2v) is 6.74. The summed E-state index contributed by atoms with van der Waals surface area (Å²) in [5, 5.41) is 9.18. The van der Waals surface area contributed by atoms with Crippen LogP contribution in [0.4, 0.5) is 0 Å². The molecule has 1 amide bonds. The lowest BCUT2D eigenvalue weighted by molar-refractivity contribution is -0.141. The highest BCUT2D eigenvalue weighted by atomic mass is 16.4. The van der Waals surface area contributed by atoms with Crippen molar-refractivity contribution in [1.82, 2.24) is 4.90 Å². The van der Waals surface area contributed by atoms with Crippen molar-refractivity contribution in [3.05, 3.63) is 34.9 Å². The van der Waals surface area contributed by atoms with Gasteiger partial charge in [-0.15, -0.1) is 0 Å². The highest BCUT2D eigenvalue weighted by Crippen LogP contribution is 2.59. The molecule has 0 aromatic heterocycles. The predicted octanol–water partition coefficient (Wildman–Crippen LogP) is 2.62. The van der Waals surface area contributed by atoms with E-state index in [4.69, 9.17) is 0 Å². The van der Waals surface area contributed by atoms with E-state index in [0.29, 0.717) is 6.54 Å². The van der Waals surface area contributed by atoms with E-state index in [1.54, 1.807) is 11.9 Å². The first-order valence-corrected chi connectivity index (χ1v) is 7.20. The van der Waals surface area contributed by atoms with Crippen LogP contribution in [0.3, 0.4) is 0 Å². The number of nitrogens with zero attached hydrogens (tertiary/aromatic N) is 1. The van der Waals surface area contributed by atoms with Gasteiger partial charge in [-0.2, -0.15) is 0 Å². The third-order valence-corrected chi connectivity index (χ3v) is 4.64. The molecule has 4 heteroatoms. The number of carboxylic acid groups (broad SMARTS) is 1. The molecule has 1 saturated carbocycles. The van der Waals surface area contributed by atoms with Crippen molar-refractivity contribution < 1.29 is 14.7 Å². The number of aliphatic carboxylic acids is 1. The molecule has 0 saturated heterocycles. The van der Waals surface area contributed by atoms with Gasteiger partial charge in [0, 0.05) is 13.6 Å². The molecule has 4 nitrogen and oxygen atoms in total. The van der Waals surface area contributed by atoms with E-state index in [2.05, 4.69) is 6.07 Å². The fourth-order valence-corrected chi connectivity index (χ4v) is 3.15. The normalized spacial score (nSPS) is 22.7. The summed E-state index contributed by atoms with van der Waals surface area (Å²) in [6, 6.07) is 6.15. The SMILES string of the molecule is Cc1ccc(CN(C)C(=O)C2C(C(=O)O)C2(C)C)c(C)c1. The smallest absolute Gasteiger partial charge is 0.307 e. The molecule has 0 heterocycles. The zero-order chi connectivity index (χ0) is 15.9. The second-order valence-electron chi connectivity index (χ2n) is 6.74. The molecule has 1 N–H and O–H groups in total. The van der Waals surface area contributed by atoms with Gasteiger partial charge in [-0.05, 0) is 30.4 Å². The van der Waals surface area contributed by atoms with E-state index in [-0.39, 0.29) is 5.91 Å². The lowest BCUT2D eigenvalue weighted by Crippen LogP contribution is -2.29. The minimum absolute atomic E-state index is 0.0765. The molecule has 114 valence electrons. The van der Waals surface area contributed by atoms with E-state index in [9.17, 15) is 14.7 Å². The van der Waals surface area contributed by atoms with Crippen LogP contribution in [0.2, 0.25) is 0 Å². The maximum atomic E-state index is 12.5. The van der Waals surface area contributed by atoms with Gasteiger partial charge in [-0.25, -0.2) is 0 Å². The van der Waals surface area contributed by atoms with Gasteiger partial charge in [0.05, 0.1) is 11.8 Å². The van der Waals surface area contributed by atoms with Crippen molar-refractivity contribution in [3.63, 3.8) is 0 Å². The molecule has 1 aliphatic carbocycles. The summed E-state index contributed by atoms with van der Waals surface area (Å²) in [5.74, 6) is -1.93. The quantitative estimate of drug-likeness (QED) is 0.927. The van der Waals surface area contributed by atoms with Gasteiger partial charge in [-0.1, -0.05) is 37.6 Å². The van der Waals surface area contributed by atoms with E-state index < -0.39 is 23.2 Å². The average molecular weight is 289 g/mol. The third kappa shape index (κ3) is 2.80. The maximum absolute atomic E-state index is 12.5. The number of rotatable bonds is 4. The Balaban J connectivity index is 2.09. The van der Waals surface area contributed by atoms with Gasteiger partial charge in [0.2, 0.25) is 5.91 Å². The fraction of sp³-hybridized carbons (Fsp3) is 0.529. The Morgan fingerprint density at radius 1 is 1.24 bits per heavy atom. The van der Waals surface area contributed by atoms with Crippen LogP contribution in [0.5, 0.6) is 0 Å². The number of amides is 1. The molecule has 0 bridgehead atoms. The lowest BCUT2D eigenvalue weighted by atomic mass is 10.0. The van der Waals surface area contributed by atoms with Crippen LogP contribution in [0.15, 0.2) is 18.2 Å². The molecule has 21 heavy (non-hydrogen) atoms. The van der Waals surface area contributed by atoms with Crippen molar-refractivity contribution in [2.45, 2.75) is 34.2 Å². The number of hydrogen-bond acceptors (Lipinski definition) is 2. The zero-order valence-electron chi connectivity index (χ0n) is 13.3. The molecule has 0 aliphatic heterocycles. The Morgan fingerprint density at radius 2 is 1.86 bits per heavy atom. The Labute approximate surface area is 125 Å². The van der Waals surface area contributed by atoms with E-state index >= 15 is 0 Å². The van der Waals surface area contributed by atoms with Gasteiger partial charge in [0.15, 0.2) is 0 Å². The summed E-state index contributed by atoms with van der Waals surface area (Å²) in [5.41, 5.74) is 3.00. The number of hydrogen-bond donors (Lipinski definition) is 1. The molecule has 1 aromatic carbocycles. The highest BCUT2D eigenvalue weighted by molar-refractivity contribution is 5.91. The van der Waals surface area contributed by atoms with Gasteiger partial charge in [0.25, 0.3) is 0 Å². The monoisotopic (exact) mass is 289 g/mol. The topological polar surface area (TPSA) is 57.6 Å². The first kappa shape index (κ1) is 15.5. The molecule has 0 spiro atoms. The van der Waals surface area contributed by atoms with Crippen LogP contribution >= 0.6 is 0 Å². The second kappa shape index (κ2) is 5.17. The van der Waals surface area contributed by atoms with Crippen molar-refractivity contribution in [1.29, 1.82) is 0 Å². The number of carbonyl (C=O) groups is 2. The van der Waals surface area contributed by atoms with Crippen molar-refractivity contribution in [2.75, 3.05) is 7.05 Å². The van der Waals surface area contributed by atoms with Gasteiger partial charge in [-0.3, -0.25) is 9.59 Å². The maximum Gasteiger partial charge on any atom is 0.307 e. The van der Waals surface area contributed by atoms with E-state index in [1.165, 1.54) is 5.56 Å². The first-order chi connectivity index (χ1) is 9.66. The van der Waals surface area contributed by atoms with Crippen molar-refractivity contribution >= 4 is 11.9 Å². The third-order valence-electron chi connectivity index (χ3n) is 4.64. The molecule has 2 rings (SSSR count). The average Bonchev–Trinajstić information content (AvgIpc) is 2.95. The molecular weight excluding hydrogens is 266 g/mol. The van der Waals surface area contributed by atoms with Crippen LogP contribution in [0.25, 0.3) is 0 Å². The molecule has 1 aliphatic rings. The predicted molar refractivity (Wildman–Crippen MR) is 80.8 cm³/mol. The Bertz CT molecular complexity index is 592. The van der Waals surface area contributed by atoms with E-state index in [1.807, 2.05) is 39.8 Å². The summed E-state index contributed by atoms with van der Waals surface area (Å²) in [6.07, 6.45) is 0. The number of benzene rings is 1. The number of carbonyl (C=O) groups excluding carboxylic acids is 1. The Morgan fingerprint density at radius 3 is 2.33 bits per heavy atom. The van der Waals surface area contributed by atoms with Crippen molar-refractivity contribution in [2.24, 2.45) is 17.3 Å². The summed E-state index contributed by atoms with van der Waals surface area (Å²) >= 11 is 0. The van der Waals surface area contributed by atoms with Crippen LogP contribution < -0.4 is 0 Å². The molecule has 1 fully saturated rings. The summed E-state index contributed by atoms with van der Waals surface area (Å²) < 4.78 is 0. The fourth-order valence-electron chi connectivity index (χ4n) is 3.15. The van der Waals surface area contributed by atoms with Crippen LogP contribution in [-0.4, -0.2) is 28.9 Å². The van der Waals surface area contributed by atoms with Crippen LogP contribution in [0, 0.1) is 31.1 Å². The highest BCUT2D eigenvalue weighted by Gasteiger charge is 2.66. The van der Waals surface area contributed by atoms with Gasteiger partial charge >= 0.3 is 5.97 Å². The minimum atomic E-state index is -0.877. The summed E-state index contributed by atoms with van der Waals surface area (Å²) in [7, 11) is 1.74. The Kier molecular flexibility index (Phi) is 3.83. The first-order valence-electron chi connectivity index (χ1n) is 7.20. The molecular formula is C17H23NO3. The van der Waals surface area contributed by atoms with Crippen molar-refractivity contribution in [3.8, 4) is 0 Å². The standard InChI is InChI=1S/C17H23NO3/c1-10-6-7-12(11(2)8-10)9-18(5)15(19)13-14(16(20)21)17(13,3)4/h6-8,13-14H,9H2,1-5H3,(H,20,21). The van der Waals surface area contributed by atoms with E-state index in [0.717, 1.165) is 11.1 Å². The largest absolute Gasteiger partial charge is 0.481 e. The molecule has 2 atom stereocenters. The summed E-state index contributed by atoms with van der Waals surface area (Å²) in [4.78, 5) is 25.3. The zero-order valence-corrected chi connectivity index (χ0v) is 13.3. The molecule has 2 unspecified atom stereocenters. The minimum Gasteiger partial charge on any atom is -0.481 e. The van der Waals surface area contributed by atoms with Gasteiger partial charge in [0.1, 0.15) is 0 Å². The van der Waals surface area contributed by atoms with Gasteiger partial charge < -0.3 is 10.0 Å².